The fourth-order valence-corrected chi connectivity index (χ4v) is 5.34. The van der Waals surface area contributed by atoms with Crippen LogP contribution in [-0.4, -0.2) is 66.0 Å². The molecule has 0 saturated carbocycles. The van der Waals surface area contributed by atoms with Gasteiger partial charge in [-0.25, -0.2) is 0 Å². The third-order valence-corrected chi connectivity index (χ3v) is 7.71. The van der Waals surface area contributed by atoms with Gasteiger partial charge in [0.2, 0.25) is 0 Å². The predicted molar refractivity (Wildman–Crippen MR) is 154 cm³/mol. The van der Waals surface area contributed by atoms with Crippen LogP contribution in [0.1, 0.15) is 40.8 Å². The van der Waals surface area contributed by atoms with Crippen LogP contribution in [0.2, 0.25) is 0 Å². The lowest BCUT2D eigenvalue weighted by molar-refractivity contribution is -0.140. The second-order valence-corrected chi connectivity index (χ2v) is 10.3. The number of aliphatic hydroxyl groups excluding tert-OH is 1. The highest BCUT2D eigenvalue weighted by atomic mass is 16.5. The Hall–Kier alpha value is -3.94. The fraction of sp³-hybridized carbons (Fsp3) is 0.333. The lowest BCUT2D eigenvalue weighted by atomic mass is 9.93. The highest BCUT2D eigenvalue weighted by molar-refractivity contribution is 6.46. The van der Waals surface area contributed by atoms with Gasteiger partial charge < -0.3 is 19.5 Å². The number of Topliss-reactive ketones (excluding diaryl/α,β-unsaturated/α-hetero) is 1. The van der Waals surface area contributed by atoms with Crippen molar-refractivity contribution in [3.8, 4) is 5.75 Å². The minimum atomic E-state index is -0.666. The molecule has 7 heteroatoms. The van der Waals surface area contributed by atoms with Gasteiger partial charge in [-0.1, -0.05) is 61.5 Å². The van der Waals surface area contributed by atoms with E-state index in [4.69, 9.17) is 9.47 Å². The molecule has 1 N–H and O–H groups in total. The average Bonchev–Trinajstić information content (AvgIpc) is 3.25. The first-order valence-electron chi connectivity index (χ1n) is 13.9. The number of ketones is 1. The lowest BCUT2D eigenvalue weighted by Crippen LogP contribution is -2.42. The Morgan fingerprint density at radius 3 is 2.35 bits per heavy atom. The molecule has 2 heterocycles. The van der Waals surface area contributed by atoms with E-state index in [0.29, 0.717) is 44.2 Å². The van der Waals surface area contributed by atoms with Crippen LogP contribution in [0.3, 0.4) is 0 Å². The fourth-order valence-electron chi connectivity index (χ4n) is 5.34. The number of carbonyl (C=O) groups excluding carboxylic acids is 2. The molecule has 0 spiro atoms. The van der Waals surface area contributed by atoms with Crippen molar-refractivity contribution in [2.75, 3.05) is 39.4 Å². The van der Waals surface area contributed by atoms with Crippen LogP contribution in [0.25, 0.3) is 5.76 Å². The first-order valence-corrected chi connectivity index (χ1v) is 13.9. The number of hydrogen-bond acceptors (Lipinski definition) is 6. The summed E-state index contributed by atoms with van der Waals surface area (Å²) in [7, 11) is 0. The highest BCUT2D eigenvalue weighted by Crippen LogP contribution is 2.40. The number of morpholine rings is 1. The topological polar surface area (TPSA) is 79.3 Å². The van der Waals surface area contributed by atoms with Crippen molar-refractivity contribution in [2.24, 2.45) is 0 Å². The number of aryl methyl sites for hydroxylation is 2. The maximum absolute atomic E-state index is 13.5. The van der Waals surface area contributed by atoms with E-state index >= 15 is 0 Å². The molecule has 2 aliphatic rings. The van der Waals surface area contributed by atoms with E-state index in [-0.39, 0.29) is 11.3 Å². The molecule has 1 unspecified atom stereocenters. The molecule has 5 rings (SSSR count). The summed E-state index contributed by atoms with van der Waals surface area (Å²) in [5.74, 6) is -0.743. The van der Waals surface area contributed by atoms with Crippen molar-refractivity contribution in [1.82, 2.24) is 9.80 Å². The molecule has 2 saturated heterocycles. The zero-order valence-electron chi connectivity index (χ0n) is 23.1. The van der Waals surface area contributed by atoms with Crippen molar-refractivity contribution in [3.63, 3.8) is 0 Å². The van der Waals surface area contributed by atoms with Crippen molar-refractivity contribution in [2.45, 2.75) is 32.9 Å². The third-order valence-electron chi connectivity index (χ3n) is 7.71. The summed E-state index contributed by atoms with van der Waals surface area (Å²) < 4.78 is 11.4. The molecular weight excluding hydrogens is 504 g/mol. The van der Waals surface area contributed by atoms with Gasteiger partial charge in [-0.05, 0) is 53.8 Å². The Balaban J connectivity index is 1.46. The summed E-state index contributed by atoms with van der Waals surface area (Å²) >= 11 is 0. The summed E-state index contributed by atoms with van der Waals surface area (Å²) in [6, 6.07) is 22.5. The van der Waals surface area contributed by atoms with Crippen LogP contribution in [-0.2, 0) is 27.4 Å². The standard InChI is InChI=1S/C33H36N2O5/c1-3-24-9-11-26(12-10-24)30-29(32(37)33(38)35(30)16-15-34-17-19-39-20-18-34)31(36)28-14-13-27(21-23(28)2)40-22-25-7-5-4-6-8-25/h4-14,21,30,36H,3,15-20,22H2,1-2H3/b31-29-. The van der Waals surface area contributed by atoms with Gasteiger partial charge in [0.05, 0.1) is 24.8 Å². The number of aliphatic hydroxyl groups is 1. The maximum Gasteiger partial charge on any atom is 0.295 e. The summed E-state index contributed by atoms with van der Waals surface area (Å²) in [6.07, 6.45) is 0.884. The smallest absolute Gasteiger partial charge is 0.295 e. The predicted octanol–water partition coefficient (Wildman–Crippen LogP) is 4.89. The van der Waals surface area contributed by atoms with Gasteiger partial charge >= 0.3 is 0 Å². The van der Waals surface area contributed by atoms with Gasteiger partial charge in [-0.2, -0.15) is 0 Å². The molecule has 3 aromatic carbocycles. The van der Waals surface area contributed by atoms with Gasteiger partial charge in [-0.15, -0.1) is 0 Å². The average molecular weight is 541 g/mol. The number of likely N-dealkylation sites (tertiary alicyclic amines) is 1. The Kier molecular flexibility index (Phi) is 8.63. The van der Waals surface area contributed by atoms with E-state index < -0.39 is 17.7 Å². The summed E-state index contributed by atoms with van der Waals surface area (Å²) in [4.78, 5) is 30.7. The van der Waals surface area contributed by atoms with Gasteiger partial charge in [0.25, 0.3) is 11.7 Å². The molecular formula is C33H36N2O5. The maximum atomic E-state index is 13.5. The van der Waals surface area contributed by atoms with E-state index in [1.165, 1.54) is 0 Å². The van der Waals surface area contributed by atoms with Gasteiger partial charge in [-0.3, -0.25) is 14.5 Å². The SMILES string of the molecule is CCc1ccc(C2/C(=C(/O)c3ccc(OCc4ccccc4)cc3C)C(=O)C(=O)N2CCN2CCOCC2)cc1. The Morgan fingerprint density at radius 2 is 1.68 bits per heavy atom. The summed E-state index contributed by atoms with van der Waals surface area (Å²) in [6.45, 7) is 8.28. The highest BCUT2D eigenvalue weighted by Gasteiger charge is 2.46. The van der Waals surface area contributed by atoms with Gasteiger partial charge in [0.15, 0.2) is 0 Å². The number of ether oxygens (including phenoxy) is 2. The number of benzene rings is 3. The van der Waals surface area contributed by atoms with E-state index in [9.17, 15) is 14.7 Å². The molecule has 208 valence electrons. The summed E-state index contributed by atoms with van der Waals surface area (Å²) in [5, 5.41) is 11.6. The number of carbonyl (C=O) groups is 2. The van der Waals surface area contributed by atoms with Crippen molar-refractivity contribution >= 4 is 17.4 Å². The number of amides is 1. The Labute approximate surface area is 235 Å². The largest absolute Gasteiger partial charge is 0.507 e. The summed E-state index contributed by atoms with van der Waals surface area (Å²) in [5.41, 5.74) is 4.41. The van der Waals surface area contributed by atoms with E-state index in [1.54, 1.807) is 17.0 Å². The second kappa shape index (κ2) is 12.5. The van der Waals surface area contributed by atoms with Crippen molar-refractivity contribution in [3.05, 3.63) is 106 Å². The molecule has 2 aliphatic heterocycles. The van der Waals surface area contributed by atoms with E-state index in [1.807, 2.05) is 67.6 Å². The molecule has 2 fully saturated rings. The number of nitrogens with zero attached hydrogens (tertiary/aromatic N) is 2. The zero-order valence-corrected chi connectivity index (χ0v) is 23.1. The van der Waals surface area contributed by atoms with Gasteiger partial charge in [0, 0.05) is 31.7 Å². The lowest BCUT2D eigenvalue weighted by Gasteiger charge is -2.31. The minimum Gasteiger partial charge on any atom is -0.507 e. The monoisotopic (exact) mass is 540 g/mol. The molecule has 0 aliphatic carbocycles. The van der Waals surface area contributed by atoms with Crippen molar-refractivity contribution in [1.29, 1.82) is 0 Å². The molecule has 1 amide bonds. The van der Waals surface area contributed by atoms with Crippen LogP contribution in [0.15, 0.2) is 78.4 Å². The molecule has 3 aromatic rings. The minimum absolute atomic E-state index is 0.122. The Bertz CT molecular complexity index is 1380. The molecule has 7 nitrogen and oxygen atoms in total. The van der Waals surface area contributed by atoms with Crippen LogP contribution < -0.4 is 4.74 Å². The van der Waals surface area contributed by atoms with Crippen LogP contribution in [0.4, 0.5) is 0 Å². The van der Waals surface area contributed by atoms with Crippen molar-refractivity contribution < 1.29 is 24.2 Å². The first-order chi connectivity index (χ1) is 19.5. The third kappa shape index (κ3) is 5.96. The first kappa shape index (κ1) is 27.6. The zero-order chi connectivity index (χ0) is 28.1. The van der Waals surface area contributed by atoms with E-state index in [0.717, 1.165) is 41.8 Å². The molecule has 0 radical (unpaired) electrons. The number of rotatable bonds is 9. The molecule has 0 aromatic heterocycles. The molecule has 40 heavy (non-hydrogen) atoms. The van der Waals surface area contributed by atoms with Crippen LogP contribution >= 0.6 is 0 Å². The number of hydrogen-bond donors (Lipinski definition) is 1. The molecule has 1 atom stereocenters. The van der Waals surface area contributed by atoms with Crippen LogP contribution in [0.5, 0.6) is 5.75 Å². The normalized spacial score (nSPS) is 19.2. The second-order valence-electron chi connectivity index (χ2n) is 10.3. The van der Waals surface area contributed by atoms with E-state index in [2.05, 4.69) is 11.8 Å². The van der Waals surface area contributed by atoms with Crippen LogP contribution in [0, 0.1) is 6.92 Å². The van der Waals surface area contributed by atoms with Gasteiger partial charge in [0.1, 0.15) is 18.1 Å². The molecule has 0 bridgehead atoms. The Morgan fingerprint density at radius 1 is 0.950 bits per heavy atom. The quantitative estimate of drug-likeness (QED) is 0.237.